The predicted molar refractivity (Wildman–Crippen MR) is 115 cm³/mol. The van der Waals surface area contributed by atoms with Crippen LogP contribution in [0.25, 0.3) is 11.1 Å². The number of amides is 1. The van der Waals surface area contributed by atoms with Crippen molar-refractivity contribution in [3.8, 4) is 11.1 Å². The first-order chi connectivity index (χ1) is 14.7. The normalized spacial score (nSPS) is 22.5. The van der Waals surface area contributed by atoms with Crippen LogP contribution in [0.1, 0.15) is 28.5 Å². The zero-order valence-electron chi connectivity index (χ0n) is 16.8. The molecule has 0 saturated carbocycles. The Bertz CT molecular complexity index is 1060. The molecule has 1 N–H and O–H groups in total. The molecule has 0 unspecified atom stereocenters. The number of benzene rings is 2. The quantitative estimate of drug-likeness (QED) is 0.731. The molecule has 3 atom stereocenters. The van der Waals surface area contributed by atoms with Crippen LogP contribution in [-0.2, 0) is 0 Å². The summed E-state index contributed by atoms with van der Waals surface area (Å²) in [7, 11) is 2.03. The number of fused-ring (bicyclic) bond motifs is 3. The molecule has 2 aromatic carbocycles. The van der Waals surface area contributed by atoms with Gasteiger partial charge in [-0.05, 0) is 35.2 Å². The van der Waals surface area contributed by atoms with Crippen LogP contribution in [0.5, 0.6) is 0 Å². The van der Waals surface area contributed by atoms with E-state index in [9.17, 15) is 9.90 Å². The van der Waals surface area contributed by atoms with Crippen molar-refractivity contribution in [3.63, 3.8) is 0 Å². The second kappa shape index (κ2) is 7.54. The summed E-state index contributed by atoms with van der Waals surface area (Å²) in [6.07, 6.45) is 5.49. The molecule has 152 valence electrons. The van der Waals surface area contributed by atoms with Gasteiger partial charge in [-0.1, -0.05) is 36.4 Å². The maximum atomic E-state index is 13.3. The smallest absolute Gasteiger partial charge is 0.274 e. The minimum atomic E-state index is -0.104. The van der Waals surface area contributed by atoms with Crippen LogP contribution in [0.3, 0.4) is 0 Å². The molecule has 30 heavy (non-hydrogen) atoms. The first kappa shape index (κ1) is 18.8. The molecule has 2 aliphatic rings. The number of aromatic nitrogens is 2. The largest absolute Gasteiger partial charge is 0.394 e. The van der Waals surface area contributed by atoms with Crippen molar-refractivity contribution in [3.05, 3.63) is 78.4 Å². The number of carbonyl (C=O) groups is 1. The van der Waals surface area contributed by atoms with Crippen LogP contribution >= 0.6 is 0 Å². The predicted octanol–water partition coefficient (Wildman–Crippen LogP) is 3.16. The van der Waals surface area contributed by atoms with Gasteiger partial charge in [-0.2, -0.15) is 0 Å². The molecule has 0 spiro atoms. The molecule has 5 rings (SSSR count). The van der Waals surface area contributed by atoms with Gasteiger partial charge in [0, 0.05) is 37.6 Å². The third-order valence-corrected chi connectivity index (χ3v) is 6.50. The van der Waals surface area contributed by atoms with E-state index in [2.05, 4.69) is 45.2 Å². The van der Waals surface area contributed by atoms with Crippen molar-refractivity contribution in [1.29, 1.82) is 0 Å². The summed E-state index contributed by atoms with van der Waals surface area (Å²) in [5.74, 6) is 0.0621. The summed E-state index contributed by atoms with van der Waals surface area (Å²) in [6.45, 7) is 0.703. The van der Waals surface area contributed by atoms with E-state index in [1.54, 1.807) is 12.4 Å². The van der Waals surface area contributed by atoms with Crippen molar-refractivity contribution in [2.24, 2.45) is 5.92 Å². The number of anilines is 1. The van der Waals surface area contributed by atoms with E-state index in [1.807, 2.05) is 30.1 Å². The van der Waals surface area contributed by atoms with Crippen LogP contribution < -0.4 is 4.90 Å². The summed E-state index contributed by atoms with van der Waals surface area (Å²) in [5, 5.41) is 10.1. The van der Waals surface area contributed by atoms with Crippen molar-refractivity contribution < 1.29 is 9.90 Å². The summed E-state index contributed by atoms with van der Waals surface area (Å²) in [5.41, 5.74) is 4.83. The van der Waals surface area contributed by atoms with Gasteiger partial charge in [0.25, 0.3) is 5.91 Å². The molecule has 0 aliphatic carbocycles. The fourth-order valence-electron chi connectivity index (χ4n) is 5.05. The molecule has 2 aliphatic heterocycles. The molecule has 0 bridgehead atoms. The van der Waals surface area contributed by atoms with E-state index in [1.165, 1.54) is 6.20 Å². The number of likely N-dealkylation sites (N-methyl/N-ethyl adjacent to an activating group) is 1. The number of aliphatic hydroxyl groups is 1. The minimum Gasteiger partial charge on any atom is -0.394 e. The van der Waals surface area contributed by atoms with Gasteiger partial charge in [-0.25, -0.2) is 4.98 Å². The number of hydrogen-bond donors (Lipinski definition) is 1. The van der Waals surface area contributed by atoms with Crippen molar-refractivity contribution in [1.82, 2.24) is 14.9 Å². The topological polar surface area (TPSA) is 69.6 Å². The monoisotopic (exact) mass is 400 g/mol. The molecule has 1 fully saturated rings. The molecule has 0 radical (unpaired) electrons. The Balaban J connectivity index is 1.61. The Hall–Kier alpha value is -3.25. The van der Waals surface area contributed by atoms with Crippen molar-refractivity contribution >= 4 is 11.6 Å². The maximum Gasteiger partial charge on any atom is 0.274 e. The molecule has 3 aromatic rings. The van der Waals surface area contributed by atoms with E-state index in [-0.39, 0.29) is 30.5 Å². The van der Waals surface area contributed by atoms with Crippen LogP contribution in [0.4, 0.5) is 5.69 Å². The SMILES string of the molecule is CN1c2ccc(-c3ccccc3)cc2[C@@H]2[C@@H](CCN2C(=O)c2cnccn2)[C@@H]1CO. The molecule has 3 heterocycles. The molecular weight excluding hydrogens is 376 g/mol. The summed E-state index contributed by atoms with van der Waals surface area (Å²) >= 11 is 0. The molecule has 1 amide bonds. The van der Waals surface area contributed by atoms with Crippen molar-refractivity contribution in [2.45, 2.75) is 18.5 Å². The maximum absolute atomic E-state index is 13.3. The molecular formula is C24H24N4O2. The van der Waals surface area contributed by atoms with Gasteiger partial charge in [0.05, 0.1) is 24.9 Å². The highest BCUT2D eigenvalue weighted by Crippen LogP contribution is 2.49. The highest BCUT2D eigenvalue weighted by atomic mass is 16.3. The lowest BCUT2D eigenvalue weighted by Gasteiger charge is -2.44. The van der Waals surface area contributed by atoms with Gasteiger partial charge >= 0.3 is 0 Å². The van der Waals surface area contributed by atoms with Crippen LogP contribution in [-0.4, -0.2) is 52.1 Å². The Morgan fingerprint density at radius 1 is 1.13 bits per heavy atom. The second-order valence-corrected chi connectivity index (χ2v) is 7.99. The number of nitrogens with zero attached hydrogens (tertiary/aromatic N) is 4. The zero-order valence-corrected chi connectivity index (χ0v) is 16.8. The van der Waals surface area contributed by atoms with Crippen LogP contribution in [0.15, 0.2) is 67.1 Å². The second-order valence-electron chi connectivity index (χ2n) is 7.99. The van der Waals surface area contributed by atoms with Gasteiger partial charge < -0.3 is 14.9 Å². The average molecular weight is 400 g/mol. The average Bonchev–Trinajstić information content (AvgIpc) is 3.25. The molecule has 1 aromatic heterocycles. The number of aliphatic hydroxyl groups excluding tert-OH is 1. The van der Waals surface area contributed by atoms with Crippen LogP contribution in [0, 0.1) is 5.92 Å². The molecule has 6 heteroatoms. The zero-order chi connectivity index (χ0) is 20.7. The summed E-state index contributed by atoms with van der Waals surface area (Å²) in [4.78, 5) is 25.7. The Labute approximate surface area is 175 Å². The molecule has 6 nitrogen and oxygen atoms in total. The summed E-state index contributed by atoms with van der Waals surface area (Å²) in [6, 6.07) is 16.6. The highest BCUT2D eigenvalue weighted by molar-refractivity contribution is 5.93. The fourth-order valence-corrected chi connectivity index (χ4v) is 5.05. The van der Waals surface area contributed by atoms with Gasteiger partial charge in [0.1, 0.15) is 5.69 Å². The van der Waals surface area contributed by atoms with E-state index < -0.39 is 0 Å². The highest BCUT2D eigenvalue weighted by Gasteiger charge is 2.48. The Morgan fingerprint density at radius 2 is 1.97 bits per heavy atom. The first-order valence-electron chi connectivity index (χ1n) is 10.3. The first-order valence-corrected chi connectivity index (χ1v) is 10.3. The number of rotatable bonds is 3. The third-order valence-electron chi connectivity index (χ3n) is 6.50. The van der Waals surface area contributed by atoms with Gasteiger partial charge in [0.2, 0.25) is 0 Å². The number of hydrogen-bond acceptors (Lipinski definition) is 5. The van der Waals surface area contributed by atoms with E-state index in [0.717, 1.165) is 28.8 Å². The van der Waals surface area contributed by atoms with E-state index in [4.69, 9.17) is 0 Å². The molecule has 1 saturated heterocycles. The van der Waals surface area contributed by atoms with Crippen molar-refractivity contribution in [2.75, 3.05) is 25.1 Å². The van der Waals surface area contributed by atoms with Gasteiger partial charge in [0.15, 0.2) is 0 Å². The Morgan fingerprint density at radius 3 is 2.70 bits per heavy atom. The Kier molecular flexibility index (Phi) is 4.71. The lowest BCUT2D eigenvalue weighted by molar-refractivity contribution is 0.0687. The third kappa shape index (κ3) is 2.95. The van der Waals surface area contributed by atoms with Crippen LogP contribution in [0.2, 0.25) is 0 Å². The lowest BCUT2D eigenvalue weighted by Crippen LogP contribution is -2.48. The standard InChI is InChI=1S/C24H24N4O2/c1-27-21-8-7-17(16-5-3-2-4-6-16)13-19(21)23-18(22(27)15-29)9-12-28(23)24(30)20-14-25-10-11-26-20/h2-8,10-11,13-14,18,22-23,29H,9,12,15H2,1H3/t18-,22-,23-/m0/s1. The summed E-state index contributed by atoms with van der Waals surface area (Å²) < 4.78 is 0. The van der Waals surface area contributed by atoms with E-state index in [0.29, 0.717) is 12.2 Å². The number of carbonyl (C=O) groups excluding carboxylic acids is 1. The minimum absolute atomic E-state index is 0.0234. The van der Waals surface area contributed by atoms with Gasteiger partial charge in [-0.15, -0.1) is 0 Å². The van der Waals surface area contributed by atoms with E-state index >= 15 is 0 Å². The van der Waals surface area contributed by atoms with Gasteiger partial charge in [-0.3, -0.25) is 9.78 Å². The number of likely N-dealkylation sites (tertiary alicyclic amines) is 1. The lowest BCUT2D eigenvalue weighted by atomic mass is 9.81. The fraction of sp³-hybridized carbons (Fsp3) is 0.292.